The van der Waals surface area contributed by atoms with E-state index in [1.807, 2.05) is 16.2 Å². The first kappa shape index (κ1) is 8.03. The molecule has 0 fully saturated rings. The van der Waals surface area contributed by atoms with E-state index in [0.717, 1.165) is 5.70 Å². The molecular weight excluding hydrogens is 245 g/mol. The van der Waals surface area contributed by atoms with Gasteiger partial charge in [-0.1, -0.05) is 0 Å². The first-order valence-corrected chi connectivity index (χ1v) is 5.15. The quantitative estimate of drug-likeness (QED) is 0.422. The second kappa shape index (κ2) is 3.95. The zero-order chi connectivity index (χ0) is 7.40. The minimum absolute atomic E-state index is 0.0977. The predicted molar refractivity (Wildman–Crippen MR) is 32.6 cm³/mol. The number of allylic oxidation sites excluding steroid dienone is 2. The van der Waals surface area contributed by atoms with Gasteiger partial charge in [0.1, 0.15) is 0 Å². The summed E-state index contributed by atoms with van der Waals surface area (Å²) in [6.07, 6.45) is 4.28. The van der Waals surface area contributed by atoms with Crippen molar-refractivity contribution < 1.29 is 31.8 Å². The summed E-state index contributed by atoms with van der Waals surface area (Å²) in [5.41, 5.74) is 0.817. The molecule has 0 unspecified atom stereocenters. The minimum atomic E-state index is -0.372. The third-order valence-corrected chi connectivity index (χ3v) is 3.00. The van der Waals surface area contributed by atoms with Crippen molar-refractivity contribution in [3.05, 3.63) is 21.9 Å². The Morgan fingerprint density at radius 2 is 2.40 bits per heavy atom. The molecule has 3 nitrogen and oxygen atoms in total. The normalized spacial score (nSPS) is 18.2. The van der Waals surface area contributed by atoms with Gasteiger partial charge in [-0.05, 0) is 0 Å². The fraction of sp³-hybridized carbons (Fsp3) is 0.333. The van der Waals surface area contributed by atoms with Crippen LogP contribution in [-0.4, -0.2) is 20.2 Å². The molecule has 0 saturated carbocycles. The van der Waals surface area contributed by atoms with Gasteiger partial charge in [0.2, 0.25) is 0 Å². The zero-order valence-corrected chi connectivity index (χ0v) is 7.52. The topological polar surface area (TPSA) is 43.7 Å². The van der Waals surface area contributed by atoms with Crippen LogP contribution in [0.2, 0.25) is 0 Å². The Balaban J connectivity index is 2.52. The molecule has 10 heavy (non-hydrogen) atoms. The van der Waals surface area contributed by atoms with Crippen LogP contribution in [0.1, 0.15) is 6.42 Å². The Morgan fingerprint density at radius 3 is 3.00 bits per heavy atom. The summed E-state index contributed by atoms with van der Waals surface area (Å²) in [4.78, 5) is 0. The van der Waals surface area contributed by atoms with Crippen molar-refractivity contribution in [2.45, 2.75) is 6.42 Å². The number of halogens is 1. The zero-order valence-electron chi connectivity index (χ0n) is 5.37. The molecule has 0 aliphatic carbocycles. The van der Waals surface area contributed by atoms with Gasteiger partial charge in [-0.3, -0.25) is 0 Å². The fourth-order valence-corrected chi connectivity index (χ4v) is 2.11. The molecule has 0 aromatic carbocycles. The molecule has 0 aromatic heterocycles. The molecule has 0 aromatic rings. The first-order chi connectivity index (χ1) is 4.84. The Bertz CT molecular complexity index is 167. The Morgan fingerprint density at radius 1 is 1.60 bits per heavy atom. The summed E-state index contributed by atoms with van der Waals surface area (Å²) in [6.45, 7) is 0.0977. The van der Waals surface area contributed by atoms with Gasteiger partial charge in [-0.15, -0.1) is 0 Å². The number of hydrogen-bond donors (Lipinski definition) is 2. The van der Waals surface area contributed by atoms with Crippen LogP contribution >= 0.6 is 0 Å². The van der Waals surface area contributed by atoms with Gasteiger partial charge in [-0.2, -0.15) is 0 Å². The standard InChI is InChI=1S/C6H9INO2/c9-5-3-6-2-1-4-7-8(6)10/h1-2,4,9-10H,3,5H2/q-1. The summed E-state index contributed by atoms with van der Waals surface area (Å²) >= 11 is -0.372. The summed E-state index contributed by atoms with van der Waals surface area (Å²) in [5, 5.41) is 17.7. The fourth-order valence-electron chi connectivity index (χ4n) is 0.648. The van der Waals surface area contributed by atoms with E-state index < -0.39 is 0 Å². The van der Waals surface area contributed by atoms with Crippen LogP contribution in [0.3, 0.4) is 0 Å². The third kappa shape index (κ3) is 1.96. The van der Waals surface area contributed by atoms with Crippen molar-refractivity contribution in [1.29, 1.82) is 0 Å². The number of aliphatic hydroxyl groups excluding tert-OH is 1. The van der Waals surface area contributed by atoms with E-state index in [2.05, 4.69) is 0 Å². The van der Waals surface area contributed by atoms with Gasteiger partial charge in [-0.25, -0.2) is 0 Å². The molecule has 0 atom stereocenters. The molecular formula is C6H9INO2-. The van der Waals surface area contributed by atoms with Crippen molar-refractivity contribution in [2.24, 2.45) is 0 Å². The van der Waals surface area contributed by atoms with Gasteiger partial charge in [0.05, 0.1) is 0 Å². The monoisotopic (exact) mass is 254 g/mol. The van der Waals surface area contributed by atoms with Crippen LogP contribution in [0.15, 0.2) is 21.9 Å². The molecule has 0 amide bonds. The predicted octanol–water partition coefficient (Wildman–Crippen LogP) is -2.52. The van der Waals surface area contributed by atoms with E-state index in [9.17, 15) is 0 Å². The summed E-state index contributed by atoms with van der Waals surface area (Å²) < 4.78 is 3.20. The van der Waals surface area contributed by atoms with E-state index >= 15 is 0 Å². The molecule has 0 spiro atoms. The van der Waals surface area contributed by atoms with E-state index in [1.165, 1.54) is 3.28 Å². The first-order valence-electron chi connectivity index (χ1n) is 2.94. The second-order valence-electron chi connectivity index (χ2n) is 1.81. The molecule has 1 aliphatic heterocycles. The van der Waals surface area contributed by atoms with Crippen LogP contribution in [0.25, 0.3) is 0 Å². The number of hydroxylamine groups is 1. The molecule has 1 rings (SSSR count). The summed E-state index contributed by atoms with van der Waals surface area (Å²) in [6, 6.07) is 0. The van der Waals surface area contributed by atoms with E-state index in [1.54, 1.807) is 0 Å². The number of hydrogen-bond acceptors (Lipinski definition) is 3. The van der Waals surface area contributed by atoms with Gasteiger partial charge in [0.25, 0.3) is 0 Å². The maximum absolute atomic E-state index is 9.15. The Hall–Kier alpha value is -0.0700. The molecule has 1 aliphatic rings. The van der Waals surface area contributed by atoms with E-state index in [-0.39, 0.29) is 28.1 Å². The van der Waals surface area contributed by atoms with Crippen molar-refractivity contribution in [2.75, 3.05) is 6.61 Å². The number of nitrogens with zero attached hydrogens (tertiary/aromatic N) is 1. The van der Waals surface area contributed by atoms with E-state index in [4.69, 9.17) is 10.3 Å². The van der Waals surface area contributed by atoms with Crippen molar-refractivity contribution in [3.63, 3.8) is 0 Å². The van der Waals surface area contributed by atoms with Crippen molar-refractivity contribution in [1.82, 2.24) is 3.28 Å². The van der Waals surface area contributed by atoms with Gasteiger partial charge in [0.15, 0.2) is 0 Å². The Kier molecular flexibility index (Phi) is 3.17. The number of aliphatic hydroxyl groups is 1. The second-order valence-corrected chi connectivity index (χ2v) is 4.00. The summed E-state index contributed by atoms with van der Waals surface area (Å²) in [5.74, 6) is 0. The van der Waals surface area contributed by atoms with E-state index in [0.29, 0.717) is 6.42 Å². The third-order valence-electron chi connectivity index (χ3n) is 1.12. The Labute approximate surface area is 70.2 Å². The molecule has 2 N–H and O–H groups in total. The van der Waals surface area contributed by atoms with Crippen LogP contribution in [0.5, 0.6) is 0 Å². The van der Waals surface area contributed by atoms with Crippen molar-refractivity contribution in [3.8, 4) is 0 Å². The summed E-state index contributed by atoms with van der Waals surface area (Å²) in [7, 11) is 0. The average molecular weight is 254 g/mol. The average Bonchev–Trinajstić information content (AvgIpc) is 1.94. The van der Waals surface area contributed by atoms with Crippen LogP contribution < -0.4 is 21.5 Å². The van der Waals surface area contributed by atoms with Gasteiger partial charge < -0.3 is 0 Å². The molecule has 0 bridgehead atoms. The van der Waals surface area contributed by atoms with Crippen molar-refractivity contribution >= 4 is 0 Å². The molecule has 0 radical (unpaired) electrons. The van der Waals surface area contributed by atoms with Gasteiger partial charge >= 0.3 is 70.0 Å². The molecule has 1 heterocycles. The van der Waals surface area contributed by atoms with Crippen LogP contribution in [0.4, 0.5) is 0 Å². The number of rotatable bonds is 2. The molecule has 4 heteroatoms. The van der Waals surface area contributed by atoms with Crippen LogP contribution in [0, 0.1) is 0 Å². The van der Waals surface area contributed by atoms with Gasteiger partial charge in [0, 0.05) is 0 Å². The molecule has 58 valence electrons. The van der Waals surface area contributed by atoms with Crippen LogP contribution in [-0.2, 0) is 0 Å². The SMILES string of the molecule is OCCC1=CC=C[I-]N1O. The maximum atomic E-state index is 9.15. The molecule has 0 saturated heterocycles.